The third-order valence-corrected chi connectivity index (χ3v) is 3.04. The maximum atomic E-state index is 11.7. The fourth-order valence-corrected chi connectivity index (χ4v) is 1.84. The standard InChI is InChI=1S/C13H11N3O4/c17-11(8-1-2-8)15-12-9(13(18)19)10(16-20-12)7-3-5-14-6-4-7/h3-6,8H,1-2H2,(H,15,17)(H,18,19). The van der Waals surface area contributed by atoms with Gasteiger partial charge in [-0.3, -0.25) is 15.1 Å². The summed E-state index contributed by atoms with van der Waals surface area (Å²) in [6.07, 6.45) is 4.69. The molecule has 0 aliphatic heterocycles. The third kappa shape index (κ3) is 2.25. The van der Waals surface area contributed by atoms with E-state index in [2.05, 4.69) is 15.5 Å². The van der Waals surface area contributed by atoms with Gasteiger partial charge < -0.3 is 9.63 Å². The number of hydrogen-bond acceptors (Lipinski definition) is 5. The van der Waals surface area contributed by atoms with E-state index >= 15 is 0 Å². The molecule has 7 heteroatoms. The average molecular weight is 273 g/mol. The van der Waals surface area contributed by atoms with Gasteiger partial charge in [-0.05, 0) is 25.0 Å². The van der Waals surface area contributed by atoms with Crippen molar-refractivity contribution in [1.82, 2.24) is 10.1 Å². The fraction of sp³-hybridized carbons (Fsp3) is 0.231. The largest absolute Gasteiger partial charge is 0.477 e. The molecule has 0 saturated heterocycles. The fourth-order valence-electron chi connectivity index (χ4n) is 1.84. The molecular formula is C13H11N3O4. The first-order valence-electron chi connectivity index (χ1n) is 6.11. The second kappa shape index (κ2) is 4.76. The molecule has 2 aromatic rings. The van der Waals surface area contributed by atoms with Crippen molar-refractivity contribution >= 4 is 17.8 Å². The minimum absolute atomic E-state index is 0.0499. The molecule has 2 N–H and O–H groups in total. The lowest BCUT2D eigenvalue weighted by molar-refractivity contribution is -0.117. The molecule has 7 nitrogen and oxygen atoms in total. The molecule has 0 unspecified atom stereocenters. The summed E-state index contributed by atoms with van der Waals surface area (Å²) < 4.78 is 4.98. The second-order valence-electron chi connectivity index (χ2n) is 4.54. The zero-order valence-electron chi connectivity index (χ0n) is 10.4. The Kier molecular flexibility index (Phi) is 2.94. The van der Waals surface area contributed by atoms with Crippen LogP contribution in [0.1, 0.15) is 23.2 Å². The highest BCUT2D eigenvalue weighted by atomic mass is 16.5. The Morgan fingerprint density at radius 1 is 1.30 bits per heavy atom. The van der Waals surface area contributed by atoms with Gasteiger partial charge in [0.2, 0.25) is 11.8 Å². The van der Waals surface area contributed by atoms with Gasteiger partial charge in [0.25, 0.3) is 0 Å². The maximum Gasteiger partial charge on any atom is 0.343 e. The van der Waals surface area contributed by atoms with Crippen molar-refractivity contribution in [3.63, 3.8) is 0 Å². The monoisotopic (exact) mass is 273 g/mol. The van der Waals surface area contributed by atoms with Gasteiger partial charge in [-0.25, -0.2) is 4.79 Å². The van der Waals surface area contributed by atoms with Crippen LogP contribution >= 0.6 is 0 Å². The summed E-state index contributed by atoms with van der Waals surface area (Å²) in [6.45, 7) is 0. The third-order valence-electron chi connectivity index (χ3n) is 3.04. The van der Waals surface area contributed by atoms with Crippen LogP contribution in [0.2, 0.25) is 0 Å². The number of amides is 1. The minimum atomic E-state index is -1.20. The van der Waals surface area contributed by atoms with Crippen LogP contribution in [0.3, 0.4) is 0 Å². The van der Waals surface area contributed by atoms with Gasteiger partial charge in [0, 0.05) is 23.9 Å². The van der Waals surface area contributed by atoms with Crippen molar-refractivity contribution in [3.8, 4) is 11.3 Å². The molecule has 0 atom stereocenters. The molecule has 0 aromatic carbocycles. The molecule has 1 fully saturated rings. The quantitative estimate of drug-likeness (QED) is 0.879. The van der Waals surface area contributed by atoms with Crippen molar-refractivity contribution < 1.29 is 19.2 Å². The Morgan fingerprint density at radius 2 is 2.00 bits per heavy atom. The average Bonchev–Trinajstić information content (AvgIpc) is 3.21. The summed E-state index contributed by atoms with van der Waals surface area (Å²) in [6, 6.07) is 3.24. The number of nitrogens with zero attached hydrogens (tertiary/aromatic N) is 2. The molecule has 2 aromatic heterocycles. The highest BCUT2D eigenvalue weighted by molar-refractivity contribution is 6.04. The predicted molar refractivity (Wildman–Crippen MR) is 68.0 cm³/mol. The van der Waals surface area contributed by atoms with Gasteiger partial charge >= 0.3 is 5.97 Å². The molecule has 2 heterocycles. The maximum absolute atomic E-state index is 11.7. The zero-order valence-corrected chi connectivity index (χ0v) is 10.4. The van der Waals surface area contributed by atoms with E-state index in [1.54, 1.807) is 12.1 Å². The van der Waals surface area contributed by atoms with E-state index in [0.717, 1.165) is 12.8 Å². The highest BCUT2D eigenvalue weighted by Gasteiger charge is 2.32. The minimum Gasteiger partial charge on any atom is -0.477 e. The Hall–Kier alpha value is -2.70. The number of pyridine rings is 1. The predicted octanol–water partition coefficient (Wildman–Crippen LogP) is 1.78. The number of aromatic nitrogens is 2. The Bertz CT molecular complexity index is 662. The number of aromatic carboxylic acids is 1. The Labute approximate surface area is 113 Å². The smallest absolute Gasteiger partial charge is 0.343 e. The normalized spacial score (nSPS) is 14.0. The lowest BCUT2D eigenvalue weighted by Gasteiger charge is -2.01. The topological polar surface area (TPSA) is 105 Å². The molecule has 3 rings (SSSR count). The van der Waals surface area contributed by atoms with Crippen LogP contribution in [0.15, 0.2) is 29.0 Å². The zero-order chi connectivity index (χ0) is 14.1. The van der Waals surface area contributed by atoms with E-state index in [0.29, 0.717) is 5.56 Å². The van der Waals surface area contributed by atoms with Gasteiger partial charge in [0.05, 0.1) is 0 Å². The molecule has 1 saturated carbocycles. The second-order valence-corrected chi connectivity index (χ2v) is 4.54. The van der Waals surface area contributed by atoms with E-state index in [-0.39, 0.29) is 29.0 Å². The molecule has 0 radical (unpaired) electrons. The van der Waals surface area contributed by atoms with Crippen molar-refractivity contribution in [3.05, 3.63) is 30.1 Å². The van der Waals surface area contributed by atoms with E-state index < -0.39 is 5.97 Å². The summed E-state index contributed by atoms with van der Waals surface area (Å²) in [5, 5.41) is 15.5. The van der Waals surface area contributed by atoms with Crippen LogP contribution in [0, 0.1) is 5.92 Å². The van der Waals surface area contributed by atoms with E-state index in [1.807, 2.05) is 0 Å². The first kappa shape index (κ1) is 12.3. The summed E-state index contributed by atoms with van der Waals surface area (Å²) in [4.78, 5) is 26.9. The van der Waals surface area contributed by atoms with Crippen LogP contribution in [0.25, 0.3) is 11.3 Å². The number of anilines is 1. The number of rotatable bonds is 4. The lowest BCUT2D eigenvalue weighted by Crippen LogP contribution is -2.15. The lowest BCUT2D eigenvalue weighted by atomic mass is 10.1. The van der Waals surface area contributed by atoms with Crippen LogP contribution < -0.4 is 5.32 Å². The van der Waals surface area contributed by atoms with E-state index in [9.17, 15) is 14.7 Å². The summed E-state index contributed by atoms with van der Waals surface area (Å²) in [7, 11) is 0. The number of hydrogen-bond donors (Lipinski definition) is 2. The van der Waals surface area contributed by atoms with Gasteiger partial charge in [-0.15, -0.1) is 0 Å². The number of carbonyl (C=O) groups is 2. The van der Waals surface area contributed by atoms with Crippen molar-refractivity contribution in [2.24, 2.45) is 5.92 Å². The van der Waals surface area contributed by atoms with Crippen LogP contribution in [0.4, 0.5) is 5.88 Å². The van der Waals surface area contributed by atoms with Crippen molar-refractivity contribution in [1.29, 1.82) is 0 Å². The number of carboxylic acid groups (broad SMARTS) is 1. The van der Waals surface area contributed by atoms with Gasteiger partial charge in [0.1, 0.15) is 5.69 Å². The number of carbonyl (C=O) groups excluding carboxylic acids is 1. The van der Waals surface area contributed by atoms with Crippen molar-refractivity contribution in [2.45, 2.75) is 12.8 Å². The first-order chi connectivity index (χ1) is 9.66. The first-order valence-corrected chi connectivity index (χ1v) is 6.11. The molecule has 1 amide bonds. The number of nitrogens with one attached hydrogen (secondary N) is 1. The molecule has 1 aliphatic carbocycles. The SMILES string of the molecule is O=C(O)c1c(-c2ccncc2)noc1NC(=O)C1CC1. The summed E-state index contributed by atoms with van der Waals surface area (Å²) in [5.74, 6) is -1.61. The highest BCUT2D eigenvalue weighted by Crippen LogP contribution is 2.33. The van der Waals surface area contributed by atoms with Gasteiger partial charge in [0.15, 0.2) is 5.56 Å². The van der Waals surface area contributed by atoms with Gasteiger partial charge in [-0.1, -0.05) is 5.16 Å². The molecule has 0 bridgehead atoms. The van der Waals surface area contributed by atoms with Crippen LogP contribution in [0.5, 0.6) is 0 Å². The molecule has 20 heavy (non-hydrogen) atoms. The van der Waals surface area contributed by atoms with Crippen molar-refractivity contribution in [2.75, 3.05) is 5.32 Å². The van der Waals surface area contributed by atoms with E-state index in [4.69, 9.17) is 4.52 Å². The van der Waals surface area contributed by atoms with Gasteiger partial charge in [-0.2, -0.15) is 0 Å². The summed E-state index contributed by atoms with van der Waals surface area (Å²) in [5.41, 5.74) is 0.587. The molecule has 0 spiro atoms. The van der Waals surface area contributed by atoms with Crippen LogP contribution in [-0.2, 0) is 4.79 Å². The molecule has 102 valence electrons. The Balaban J connectivity index is 1.97. The number of carboxylic acids is 1. The summed E-state index contributed by atoms with van der Waals surface area (Å²) >= 11 is 0. The Morgan fingerprint density at radius 3 is 2.60 bits per heavy atom. The molecular weight excluding hydrogens is 262 g/mol. The molecule has 1 aliphatic rings. The van der Waals surface area contributed by atoms with Crippen LogP contribution in [-0.4, -0.2) is 27.1 Å². The van der Waals surface area contributed by atoms with E-state index in [1.165, 1.54) is 12.4 Å².